The number of methoxy groups -OCH3 is 2. The van der Waals surface area contributed by atoms with Crippen LogP contribution >= 0.6 is 22.9 Å². The number of allylic oxidation sites excluding steroid dienone is 2. The maximum Gasteiger partial charge on any atom is 0.410 e. The van der Waals surface area contributed by atoms with E-state index in [-0.39, 0.29) is 66.7 Å². The summed E-state index contributed by atoms with van der Waals surface area (Å²) in [5.41, 5.74) is 6.56. The van der Waals surface area contributed by atoms with Crippen molar-refractivity contribution >= 4 is 72.6 Å². The van der Waals surface area contributed by atoms with Gasteiger partial charge < -0.3 is 58.1 Å². The molecule has 3 unspecified atom stereocenters. The lowest BCUT2D eigenvalue weighted by atomic mass is 9.95. The number of piperazine rings is 1. The van der Waals surface area contributed by atoms with Gasteiger partial charge in [0.05, 0.1) is 66.1 Å². The number of ether oxygens (including phenoxy) is 6. The number of benzene rings is 2. The van der Waals surface area contributed by atoms with E-state index in [0.717, 1.165) is 113 Å². The largest absolute Gasteiger partial charge is 0.468 e. The Morgan fingerprint density at radius 1 is 0.949 bits per heavy atom. The average Bonchev–Trinajstić information content (AvgIpc) is 1.44. The third kappa shape index (κ3) is 19.2. The summed E-state index contributed by atoms with van der Waals surface area (Å²) in [6, 6.07) is 14.3. The fourth-order valence-electron chi connectivity index (χ4n) is 13.6. The summed E-state index contributed by atoms with van der Waals surface area (Å²) in [5.74, 6) is 2.71. The first-order valence-corrected chi connectivity index (χ1v) is 35.3. The summed E-state index contributed by atoms with van der Waals surface area (Å²) < 4.78 is 56.7. The Balaban J connectivity index is 0.000000223. The number of nitrogens with zero attached hydrogens (tertiary/aromatic N) is 10. The van der Waals surface area contributed by atoms with E-state index in [2.05, 4.69) is 76.8 Å². The molecular weight excluding hydrogens is 1300 g/mol. The fraction of sp³-hybridized carbons (Fsp3) is 0.597. The topological polar surface area (TPSA) is 248 Å². The molecular formula is C72H101ClFN11O12S. The van der Waals surface area contributed by atoms with Crippen molar-refractivity contribution in [2.24, 2.45) is 20.9 Å². The fourth-order valence-corrected chi connectivity index (χ4v) is 14.8. The van der Waals surface area contributed by atoms with E-state index < -0.39 is 11.4 Å². The van der Waals surface area contributed by atoms with Crippen LogP contribution in [0.25, 0.3) is 16.1 Å². The molecule has 2 aromatic heterocycles. The molecule has 9 heterocycles. The minimum absolute atomic E-state index is 0.0168. The maximum absolute atomic E-state index is 17.3. The highest BCUT2D eigenvalue weighted by Crippen LogP contribution is 2.50. The summed E-state index contributed by atoms with van der Waals surface area (Å²) >= 11 is 8.48. The Kier molecular flexibility index (Phi) is 28.0. The molecule has 12 rings (SSSR count). The van der Waals surface area contributed by atoms with E-state index in [0.29, 0.717) is 96.9 Å². The molecule has 1 aliphatic carbocycles. The standard InChI is InChI=1S/C40H54ClFN6O6.C13H14N2OS.C12H18N2O3.C6H11NO.CH4O/c1-39(2,3)54-38(49)48-26-10-11-27(48)20-46(19-26)37(43-4)31-18-44-35(30-16-29(53-24-51-6)17-32(41)33(30)25-8-9-25)34(42)36(31)45-23-52-22-40-13-7-15-47(40)28(12-14-40)21-50-5;1-9(14-7-16)11-3-5-12(6-4-11)13-10(2)15-8-17-13;1-8(2)9(3)11-4-12(13-17-11)16-10-5-14(6-10)7-15;1-6-3-2-4-7(6)5-8;1-2/h16-18,25-28H,4,7-15,19-24H2,1-3,5-6H3;3-9H,1-2H3,(H,14,16);4,7-10H,5-6H2,1-3H3;5-6H,2-4H2,1H3;2H,1H3/b37-31+,45-36+;;;;/t26?,27?,28-,40+;9-;;6-;/m00.1./s1. The summed E-state index contributed by atoms with van der Waals surface area (Å²) in [7, 11) is 4.29. The lowest BCUT2D eigenvalue weighted by molar-refractivity contribution is -0.126. The molecule has 7 atom stereocenters. The molecule has 2 aromatic carbocycles. The molecule has 0 spiro atoms. The first-order chi connectivity index (χ1) is 47.1. The number of aliphatic hydroxyl groups is 1. The number of rotatable bonds is 23. The van der Waals surface area contributed by atoms with Crippen LogP contribution in [0.15, 0.2) is 84.7 Å². The van der Waals surface area contributed by atoms with Crippen LogP contribution in [-0.2, 0) is 33.3 Å². The summed E-state index contributed by atoms with van der Waals surface area (Å²) in [5, 5.41) is 14.1. The van der Waals surface area contributed by atoms with E-state index in [9.17, 15) is 19.2 Å². The van der Waals surface area contributed by atoms with Gasteiger partial charge in [-0.05, 0) is 165 Å². The Morgan fingerprint density at radius 3 is 2.26 bits per heavy atom. The molecule has 6 saturated heterocycles. The highest BCUT2D eigenvalue weighted by Gasteiger charge is 2.50. The monoisotopic (exact) mass is 1400 g/mol. The molecule has 2 N–H and O–H groups in total. The van der Waals surface area contributed by atoms with Crippen LogP contribution in [0.1, 0.15) is 166 Å². The molecule has 0 radical (unpaired) electrons. The molecule has 2 bridgehead atoms. The number of aliphatic hydroxyl groups excluding tert-OH is 1. The zero-order valence-corrected chi connectivity index (χ0v) is 60.6. The summed E-state index contributed by atoms with van der Waals surface area (Å²) in [6.07, 6.45) is 14.0. The molecule has 8 aliphatic rings. The molecule has 26 heteroatoms. The normalized spacial score (nSPS) is 23.4. The first-order valence-electron chi connectivity index (χ1n) is 34.1. The predicted octanol–water partition coefficient (Wildman–Crippen LogP) is 11.8. The van der Waals surface area contributed by atoms with Crippen LogP contribution in [0.4, 0.5) is 9.18 Å². The van der Waals surface area contributed by atoms with Gasteiger partial charge in [0.25, 0.3) is 5.88 Å². The van der Waals surface area contributed by atoms with Gasteiger partial charge in [0, 0.05) is 87.4 Å². The highest BCUT2D eigenvalue weighted by molar-refractivity contribution is 7.13. The number of aryl methyl sites for hydroxylation is 1. The van der Waals surface area contributed by atoms with Gasteiger partial charge in [-0.25, -0.2) is 19.2 Å². The van der Waals surface area contributed by atoms with Crippen molar-refractivity contribution < 1.29 is 61.6 Å². The number of hydrogen-bond acceptors (Lipinski definition) is 20. The smallest absolute Gasteiger partial charge is 0.410 e. The van der Waals surface area contributed by atoms with Gasteiger partial charge in [-0.3, -0.25) is 34.2 Å². The molecule has 1 saturated carbocycles. The molecule has 4 aromatic rings. The van der Waals surface area contributed by atoms with Crippen LogP contribution in [0, 0.1) is 12.8 Å². The van der Waals surface area contributed by atoms with Gasteiger partial charge in [0.15, 0.2) is 12.6 Å². The summed E-state index contributed by atoms with van der Waals surface area (Å²) in [4.78, 5) is 73.6. The van der Waals surface area contributed by atoms with Crippen molar-refractivity contribution in [1.82, 2.24) is 40.0 Å². The van der Waals surface area contributed by atoms with E-state index in [1.807, 2.05) is 68.1 Å². The van der Waals surface area contributed by atoms with Gasteiger partial charge in [-0.2, -0.15) is 0 Å². The van der Waals surface area contributed by atoms with Crippen LogP contribution in [-0.4, -0.2) is 212 Å². The van der Waals surface area contributed by atoms with Gasteiger partial charge in [-0.15, -0.1) is 11.3 Å². The number of aromatic nitrogens is 2. The Bertz CT molecular complexity index is 3420. The van der Waals surface area contributed by atoms with Gasteiger partial charge in [0.2, 0.25) is 19.2 Å². The van der Waals surface area contributed by atoms with Crippen molar-refractivity contribution in [3.8, 4) is 22.1 Å². The quantitative estimate of drug-likeness (QED) is 0.0303. The predicted molar refractivity (Wildman–Crippen MR) is 379 cm³/mol. The number of aliphatic imine (C=N–C) groups is 3. The third-order valence-electron chi connectivity index (χ3n) is 19.3. The third-order valence-corrected chi connectivity index (χ3v) is 20.6. The van der Waals surface area contributed by atoms with Crippen molar-refractivity contribution in [1.29, 1.82) is 0 Å². The number of halogens is 2. The lowest BCUT2D eigenvalue weighted by Crippen LogP contribution is -2.56. The van der Waals surface area contributed by atoms with Crippen LogP contribution in [0.2, 0.25) is 5.02 Å². The molecule has 23 nitrogen and oxygen atoms in total. The van der Waals surface area contributed by atoms with Gasteiger partial charge >= 0.3 is 6.09 Å². The second-order valence-electron chi connectivity index (χ2n) is 27.5. The van der Waals surface area contributed by atoms with E-state index in [4.69, 9.17) is 59.6 Å². The minimum atomic E-state index is -0.602. The molecule has 7 fully saturated rings. The molecule has 536 valence electrons. The highest BCUT2D eigenvalue weighted by atomic mass is 35.5. The first kappa shape index (κ1) is 76.6. The van der Waals surface area contributed by atoms with Crippen LogP contribution in [0.5, 0.6) is 11.6 Å². The lowest BCUT2D eigenvalue weighted by Gasteiger charge is -2.42. The minimum Gasteiger partial charge on any atom is -0.468 e. The van der Waals surface area contributed by atoms with E-state index in [1.165, 1.54) is 30.4 Å². The molecule has 4 amide bonds. The van der Waals surface area contributed by atoms with Crippen LogP contribution < -0.4 is 14.8 Å². The number of amides is 4. The zero-order chi connectivity index (χ0) is 70.8. The average molecular weight is 1400 g/mol. The zero-order valence-electron chi connectivity index (χ0n) is 59.0. The SMILES string of the molecule is C=N/C(=C1/C=NC(c2cc(OCOC)cc(Cl)c2C2CC2)=C(F)/C1=N/COC[C@]12CCCN1[C@H](COC)CC2)N1CC2CCC(C1)N2C(=O)OC(C)(C)C.CC(C)C(C)c1cc(OC2CN(C=O)C2)no1.CO.C[C@@H]1CCCN1C=O.Cc1ncsc1-c1ccc([C@H](C)NC=O)cc1. The number of likely N-dealkylation sites (tertiary alicyclic amines) is 3. The van der Waals surface area contributed by atoms with Gasteiger partial charge in [-0.1, -0.05) is 56.6 Å². The van der Waals surface area contributed by atoms with E-state index >= 15 is 4.39 Å². The second-order valence-corrected chi connectivity index (χ2v) is 28.7. The van der Waals surface area contributed by atoms with Crippen molar-refractivity contribution in [3.63, 3.8) is 0 Å². The van der Waals surface area contributed by atoms with Crippen molar-refractivity contribution in [2.45, 2.75) is 186 Å². The van der Waals surface area contributed by atoms with Crippen molar-refractivity contribution in [3.05, 3.63) is 98.4 Å². The Hall–Kier alpha value is -7.13. The second kappa shape index (κ2) is 35.8. The molecule has 7 aliphatic heterocycles. The van der Waals surface area contributed by atoms with Gasteiger partial charge in [0.1, 0.15) is 47.2 Å². The molecule has 98 heavy (non-hydrogen) atoms. The Morgan fingerprint density at radius 2 is 1.67 bits per heavy atom. The number of nitrogens with one attached hydrogen (secondary N) is 1. The van der Waals surface area contributed by atoms with E-state index in [1.54, 1.807) is 41.7 Å². The Labute approximate surface area is 585 Å². The number of thiazole rings is 1. The number of fused-ring (bicyclic) bond motifs is 3. The maximum atomic E-state index is 17.3. The number of hydrogen-bond donors (Lipinski definition) is 2. The number of carbonyl (C=O) groups excluding carboxylic acids is 4. The van der Waals surface area contributed by atoms with Crippen LogP contribution in [0.3, 0.4) is 0 Å². The number of carbonyl (C=O) groups is 4. The summed E-state index contributed by atoms with van der Waals surface area (Å²) in [6.45, 7) is 27.4. The van der Waals surface area contributed by atoms with Crippen molar-refractivity contribution in [2.75, 3.05) is 87.3 Å².